The summed E-state index contributed by atoms with van der Waals surface area (Å²) in [6.07, 6.45) is 0.314. The largest absolute Gasteiger partial charge is 0.480 e. The normalized spacial score (nSPS) is 19.0. The Kier molecular flexibility index (Phi) is 2.52. The molecule has 5 heteroatoms. The molecule has 0 spiro atoms. The van der Waals surface area contributed by atoms with Gasteiger partial charge < -0.3 is 15.7 Å². The van der Waals surface area contributed by atoms with Crippen molar-refractivity contribution in [3.8, 4) is 0 Å². The van der Waals surface area contributed by atoms with Crippen LogP contribution in [-0.4, -0.2) is 28.0 Å². The van der Waals surface area contributed by atoms with Gasteiger partial charge in [-0.3, -0.25) is 0 Å². The van der Waals surface area contributed by atoms with E-state index in [0.717, 1.165) is 11.1 Å². The van der Waals surface area contributed by atoms with Gasteiger partial charge in [0.15, 0.2) is 0 Å². The molecule has 0 bridgehead atoms. The molecule has 0 saturated heterocycles. The number of carbonyl (C=O) groups excluding carboxylic acids is 1. The predicted molar refractivity (Wildman–Crippen MR) is 56.7 cm³/mol. The molecule has 1 heterocycles. The number of hydrogen-bond acceptors (Lipinski definition) is 2. The molecule has 1 aliphatic heterocycles. The highest BCUT2D eigenvalue weighted by Crippen LogP contribution is 2.22. The van der Waals surface area contributed by atoms with Gasteiger partial charge >= 0.3 is 12.0 Å². The van der Waals surface area contributed by atoms with E-state index >= 15 is 0 Å². The van der Waals surface area contributed by atoms with E-state index in [4.69, 9.17) is 10.8 Å². The Balaban J connectivity index is 2.37. The molecule has 16 heavy (non-hydrogen) atoms. The second-order valence-electron chi connectivity index (χ2n) is 3.79. The van der Waals surface area contributed by atoms with Crippen LogP contribution >= 0.6 is 0 Å². The molecular weight excluding hydrogens is 208 g/mol. The quantitative estimate of drug-likeness (QED) is 0.726. The van der Waals surface area contributed by atoms with Gasteiger partial charge in [0.2, 0.25) is 0 Å². The standard InChI is InChI=1S/C11H12N2O3/c12-11(16)13-6-8-4-2-1-3-7(8)5-9(13)10(14)15/h1-4,9H,5-6H2,(H2,12,16)(H,14,15)/t9-/m1/s1. The minimum absolute atomic E-state index is 0.266. The number of carboxylic acids is 1. The maximum Gasteiger partial charge on any atom is 0.326 e. The average Bonchev–Trinajstić information content (AvgIpc) is 2.27. The summed E-state index contributed by atoms with van der Waals surface area (Å²) in [6.45, 7) is 0.266. The van der Waals surface area contributed by atoms with E-state index in [0.29, 0.717) is 6.42 Å². The molecule has 0 fully saturated rings. The first-order valence-electron chi connectivity index (χ1n) is 4.95. The summed E-state index contributed by atoms with van der Waals surface area (Å²) in [7, 11) is 0. The van der Waals surface area contributed by atoms with E-state index in [1.807, 2.05) is 24.3 Å². The molecule has 84 valence electrons. The van der Waals surface area contributed by atoms with Crippen LogP contribution in [0.15, 0.2) is 24.3 Å². The molecule has 5 nitrogen and oxygen atoms in total. The van der Waals surface area contributed by atoms with Crippen molar-refractivity contribution in [2.45, 2.75) is 19.0 Å². The van der Waals surface area contributed by atoms with Gasteiger partial charge in [-0.05, 0) is 11.1 Å². The van der Waals surface area contributed by atoms with E-state index in [-0.39, 0.29) is 6.54 Å². The number of carboxylic acid groups (broad SMARTS) is 1. The van der Waals surface area contributed by atoms with Crippen LogP contribution in [0.25, 0.3) is 0 Å². The van der Waals surface area contributed by atoms with Crippen LogP contribution in [0.4, 0.5) is 4.79 Å². The summed E-state index contributed by atoms with van der Waals surface area (Å²) >= 11 is 0. The Morgan fingerprint density at radius 1 is 1.31 bits per heavy atom. The second-order valence-corrected chi connectivity index (χ2v) is 3.79. The number of carbonyl (C=O) groups is 2. The van der Waals surface area contributed by atoms with Gasteiger partial charge in [0.1, 0.15) is 6.04 Å². The molecule has 0 unspecified atom stereocenters. The number of fused-ring (bicyclic) bond motifs is 1. The number of rotatable bonds is 1. The van der Waals surface area contributed by atoms with E-state index in [1.165, 1.54) is 4.90 Å². The predicted octanol–water partition coefficient (Wildman–Crippen LogP) is 0.577. The summed E-state index contributed by atoms with van der Waals surface area (Å²) in [4.78, 5) is 23.4. The molecular formula is C11H12N2O3. The molecule has 2 amide bonds. The smallest absolute Gasteiger partial charge is 0.326 e. The zero-order valence-electron chi connectivity index (χ0n) is 8.59. The van der Waals surface area contributed by atoms with E-state index in [1.54, 1.807) is 0 Å². The lowest BCUT2D eigenvalue weighted by Crippen LogP contribution is -2.50. The Morgan fingerprint density at radius 3 is 2.50 bits per heavy atom. The summed E-state index contributed by atoms with van der Waals surface area (Å²) < 4.78 is 0. The highest BCUT2D eigenvalue weighted by Gasteiger charge is 2.33. The van der Waals surface area contributed by atoms with E-state index in [9.17, 15) is 9.59 Å². The first kappa shape index (κ1) is 10.5. The Hall–Kier alpha value is -2.04. The number of hydrogen-bond donors (Lipinski definition) is 2. The van der Waals surface area contributed by atoms with Crippen LogP contribution in [0.1, 0.15) is 11.1 Å². The number of urea groups is 1. The van der Waals surface area contributed by atoms with Crippen molar-refractivity contribution in [2.75, 3.05) is 0 Å². The third-order valence-electron chi connectivity index (χ3n) is 2.82. The van der Waals surface area contributed by atoms with Gasteiger partial charge in [-0.15, -0.1) is 0 Å². The zero-order valence-corrected chi connectivity index (χ0v) is 8.59. The molecule has 1 aliphatic rings. The first-order valence-corrected chi connectivity index (χ1v) is 4.95. The highest BCUT2D eigenvalue weighted by atomic mass is 16.4. The number of nitrogens with two attached hydrogens (primary N) is 1. The zero-order chi connectivity index (χ0) is 11.7. The lowest BCUT2D eigenvalue weighted by Gasteiger charge is -2.32. The van der Waals surface area contributed by atoms with Crippen LogP contribution < -0.4 is 5.73 Å². The van der Waals surface area contributed by atoms with Crippen molar-refractivity contribution in [2.24, 2.45) is 5.73 Å². The van der Waals surface area contributed by atoms with Crippen molar-refractivity contribution in [1.29, 1.82) is 0 Å². The van der Waals surface area contributed by atoms with Gasteiger partial charge in [-0.1, -0.05) is 24.3 Å². The van der Waals surface area contributed by atoms with Crippen molar-refractivity contribution in [3.63, 3.8) is 0 Å². The van der Waals surface area contributed by atoms with Gasteiger partial charge in [0.05, 0.1) is 0 Å². The lowest BCUT2D eigenvalue weighted by molar-refractivity contribution is -0.142. The summed E-state index contributed by atoms with van der Waals surface area (Å²) in [5.74, 6) is -1.02. The molecule has 1 aromatic carbocycles. The van der Waals surface area contributed by atoms with E-state index in [2.05, 4.69) is 0 Å². The van der Waals surface area contributed by atoms with E-state index < -0.39 is 18.0 Å². The van der Waals surface area contributed by atoms with Crippen molar-refractivity contribution in [3.05, 3.63) is 35.4 Å². The molecule has 1 atom stereocenters. The number of primary amides is 1. The number of benzene rings is 1. The van der Waals surface area contributed by atoms with Crippen molar-refractivity contribution >= 4 is 12.0 Å². The lowest BCUT2D eigenvalue weighted by atomic mass is 9.94. The fourth-order valence-corrected chi connectivity index (χ4v) is 1.98. The van der Waals surface area contributed by atoms with Gasteiger partial charge in [0, 0.05) is 13.0 Å². The van der Waals surface area contributed by atoms with Crippen LogP contribution in [0.5, 0.6) is 0 Å². The SMILES string of the molecule is NC(=O)N1Cc2ccccc2C[C@@H]1C(=O)O. The summed E-state index contributed by atoms with van der Waals surface area (Å²) in [5.41, 5.74) is 7.10. The first-order chi connectivity index (χ1) is 7.59. The van der Waals surface area contributed by atoms with Crippen molar-refractivity contribution < 1.29 is 14.7 Å². The monoisotopic (exact) mass is 220 g/mol. The topological polar surface area (TPSA) is 83.6 Å². The van der Waals surface area contributed by atoms with Gasteiger partial charge in [0.25, 0.3) is 0 Å². The number of nitrogens with zero attached hydrogens (tertiary/aromatic N) is 1. The molecule has 1 aromatic rings. The molecule has 3 N–H and O–H groups in total. The van der Waals surface area contributed by atoms with Crippen LogP contribution in [0.2, 0.25) is 0 Å². The molecule has 0 aliphatic carbocycles. The van der Waals surface area contributed by atoms with Crippen LogP contribution in [-0.2, 0) is 17.8 Å². The Bertz CT molecular complexity index is 404. The van der Waals surface area contributed by atoms with Gasteiger partial charge in [-0.25, -0.2) is 9.59 Å². The highest BCUT2D eigenvalue weighted by molar-refractivity contribution is 5.82. The summed E-state index contributed by atoms with van der Waals surface area (Å²) in [6, 6.07) is 5.93. The van der Waals surface area contributed by atoms with Crippen LogP contribution in [0.3, 0.4) is 0 Å². The number of aliphatic carboxylic acids is 1. The minimum atomic E-state index is -1.02. The Morgan fingerprint density at radius 2 is 1.94 bits per heavy atom. The maximum atomic E-state index is 11.2. The Labute approximate surface area is 92.5 Å². The third-order valence-corrected chi connectivity index (χ3v) is 2.82. The third kappa shape index (κ3) is 1.71. The van der Waals surface area contributed by atoms with Crippen LogP contribution in [0, 0.1) is 0 Å². The molecule has 0 aromatic heterocycles. The average molecular weight is 220 g/mol. The second kappa shape index (κ2) is 3.84. The fraction of sp³-hybridized carbons (Fsp3) is 0.273. The number of amides is 2. The van der Waals surface area contributed by atoms with Gasteiger partial charge in [-0.2, -0.15) is 0 Å². The van der Waals surface area contributed by atoms with Crippen molar-refractivity contribution in [1.82, 2.24) is 4.90 Å². The maximum absolute atomic E-state index is 11.2. The minimum Gasteiger partial charge on any atom is -0.480 e. The molecule has 0 radical (unpaired) electrons. The molecule has 2 rings (SSSR count). The summed E-state index contributed by atoms with van der Waals surface area (Å²) in [5, 5.41) is 9.03. The molecule has 0 saturated carbocycles. The fourth-order valence-electron chi connectivity index (χ4n) is 1.98.